The Morgan fingerprint density at radius 1 is 0.476 bits per heavy atom. The highest BCUT2D eigenvalue weighted by Gasteiger charge is 2.32. The quantitative estimate of drug-likeness (QED) is 0.169. The molecular weight excluding hydrogens is 535 g/mol. The molecular formula is C36H23N4OP. The van der Waals surface area contributed by atoms with E-state index in [1.807, 2.05) is 79.0 Å². The molecule has 0 atom stereocenters. The molecule has 0 unspecified atom stereocenters. The van der Waals surface area contributed by atoms with Crippen LogP contribution < -0.4 is 16.2 Å². The first-order valence-electron chi connectivity index (χ1n) is 13.8. The third-order valence-electron chi connectivity index (χ3n) is 7.87. The van der Waals surface area contributed by atoms with E-state index >= 15 is 0 Å². The number of rotatable bonds is 4. The first kappa shape index (κ1) is 24.5. The minimum absolute atomic E-state index is 0.509. The predicted octanol–water partition coefficient (Wildman–Crippen LogP) is 7.19. The zero-order chi connectivity index (χ0) is 28.1. The van der Waals surface area contributed by atoms with Gasteiger partial charge in [0.05, 0.1) is 16.7 Å². The number of fused-ring (bicyclic) bond motifs is 8. The lowest BCUT2D eigenvalue weighted by molar-refractivity contribution is 0.591. The van der Waals surface area contributed by atoms with Crippen LogP contribution in [0, 0.1) is 0 Å². The molecule has 0 radical (unpaired) electrons. The highest BCUT2D eigenvalue weighted by Crippen LogP contribution is 2.44. The van der Waals surface area contributed by atoms with Crippen molar-refractivity contribution in [2.24, 2.45) is 0 Å². The number of nitrogens with zero attached hydrogens (tertiary/aromatic N) is 4. The second-order valence-corrected chi connectivity index (χ2v) is 12.9. The fourth-order valence-electron chi connectivity index (χ4n) is 5.98. The van der Waals surface area contributed by atoms with Crippen molar-refractivity contribution in [1.29, 1.82) is 0 Å². The molecule has 8 aromatic rings. The van der Waals surface area contributed by atoms with Gasteiger partial charge in [0.25, 0.3) is 0 Å². The fraction of sp³-hybridized carbons (Fsp3) is 0. The highest BCUT2D eigenvalue weighted by atomic mass is 31.2. The van der Waals surface area contributed by atoms with E-state index in [0.29, 0.717) is 16.2 Å². The predicted molar refractivity (Wildman–Crippen MR) is 172 cm³/mol. The first-order valence-corrected chi connectivity index (χ1v) is 15.5. The van der Waals surface area contributed by atoms with Crippen molar-refractivity contribution < 1.29 is 4.57 Å². The monoisotopic (exact) mass is 558 g/mol. The lowest BCUT2D eigenvalue weighted by Crippen LogP contribution is -2.28. The van der Waals surface area contributed by atoms with Crippen LogP contribution in [0.2, 0.25) is 0 Å². The summed E-state index contributed by atoms with van der Waals surface area (Å²) >= 11 is 0. The van der Waals surface area contributed by atoms with Crippen LogP contribution in [0.3, 0.4) is 0 Å². The van der Waals surface area contributed by atoms with Gasteiger partial charge in [0.2, 0.25) is 7.14 Å². The Hall–Kier alpha value is -5.25. The first-order chi connectivity index (χ1) is 20.7. The third kappa shape index (κ3) is 3.68. The minimum atomic E-state index is -3.30. The van der Waals surface area contributed by atoms with Gasteiger partial charge in [0.15, 0.2) is 0 Å². The van der Waals surface area contributed by atoms with Crippen LogP contribution in [0.4, 0.5) is 0 Å². The summed E-state index contributed by atoms with van der Waals surface area (Å²) in [4.78, 5) is 19.0. The van der Waals surface area contributed by atoms with E-state index in [4.69, 9.17) is 9.97 Å². The summed E-state index contributed by atoms with van der Waals surface area (Å²) in [6.07, 6.45) is 5.19. The van der Waals surface area contributed by atoms with Crippen molar-refractivity contribution in [3.63, 3.8) is 0 Å². The molecule has 0 N–H and O–H groups in total. The molecule has 4 heterocycles. The molecule has 0 spiro atoms. The molecule has 0 bridgehead atoms. The van der Waals surface area contributed by atoms with Crippen molar-refractivity contribution in [2.75, 3.05) is 0 Å². The molecule has 0 aliphatic carbocycles. The number of hydrogen-bond donors (Lipinski definition) is 0. The van der Waals surface area contributed by atoms with E-state index in [1.165, 1.54) is 0 Å². The number of hydrogen-bond acceptors (Lipinski definition) is 5. The van der Waals surface area contributed by atoms with E-state index < -0.39 is 7.14 Å². The zero-order valence-electron chi connectivity index (χ0n) is 22.4. The van der Waals surface area contributed by atoms with Crippen LogP contribution in [-0.2, 0) is 4.57 Å². The van der Waals surface area contributed by atoms with E-state index in [2.05, 4.69) is 58.5 Å². The average molecular weight is 559 g/mol. The van der Waals surface area contributed by atoms with Gasteiger partial charge in [-0.1, -0.05) is 84.9 Å². The Morgan fingerprint density at radius 2 is 1.07 bits per heavy atom. The van der Waals surface area contributed by atoms with Crippen molar-refractivity contribution in [3.05, 3.63) is 140 Å². The standard InChI is InChI=1S/C36H23N4OP/c41-42(31-15-5-7-21-37-31,32-16-6-8-22-38-32)25-19-17-24(18-20-25)35-34-29-13-9-23-39-36(29)27-11-2-1-10-26(27)33(34)28-12-3-4-14-30(28)40-35/h1-23H. The average Bonchev–Trinajstić information content (AvgIpc) is 3.08. The molecule has 0 aliphatic heterocycles. The van der Waals surface area contributed by atoms with E-state index in [-0.39, 0.29) is 0 Å². The van der Waals surface area contributed by atoms with Crippen molar-refractivity contribution in [2.45, 2.75) is 0 Å². The largest absolute Gasteiger partial charge is 0.305 e. The minimum Gasteiger partial charge on any atom is -0.305 e. The molecule has 8 rings (SSSR count). The SMILES string of the molecule is O=P(c1ccc(-c2nc3ccccc3c3c4ccccc4c4ncccc4c23)cc1)(c1ccccn1)c1ccccn1. The summed E-state index contributed by atoms with van der Waals surface area (Å²) < 4.78 is 14.8. The van der Waals surface area contributed by atoms with Crippen LogP contribution in [0.25, 0.3) is 54.6 Å². The maximum Gasteiger partial charge on any atom is 0.205 e. The van der Waals surface area contributed by atoms with Crippen molar-refractivity contribution in [3.8, 4) is 11.3 Å². The van der Waals surface area contributed by atoms with Gasteiger partial charge >= 0.3 is 0 Å². The number of aromatic nitrogens is 4. The topological polar surface area (TPSA) is 68.6 Å². The summed E-state index contributed by atoms with van der Waals surface area (Å²) in [7, 11) is -3.30. The zero-order valence-corrected chi connectivity index (χ0v) is 23.3. The van der Waals surface area contributed by atoms with Gasteiger partial charge < -0.3 is 4.57 Å². The van der Waals surface area contributed by atoms with Crippen LogP contribution >= 0.6 is 7.14 Å². The molecule has 4 aromatic carbocycles. The smallest absolute Gasteiger partial charge is 0.205 e. The molecule has 0 amide bonds. The molecule has 0 aliphatic rings. The second-order valence-electron chi connectivity index (χ2n) is 10.2. The van der Waals surface area contributed by atoms with E-state index in [9.17, 15) is 4.57 Å². The van der Waals surface area contributed by atoms with Gasteiger partial charge in [-0.15, -0.1) is 0 Å². The lowest BCUT2D eigenvalue weighted by Gasteiger charge is -2.19. The molecule has 4 aromatic heterocycles. The van der Waals surface area contributed by atoms with E-state index in [1.54, 1.807) is 12.4 Å². The summed E-state index contributed by atoms with van der Waals surface area (Å²) in [5, 5.41) is 7.30. The molecule has 6 heteroatoms. The maximum absolute atomic E-state index is 14.8. The summed E-state index contributed by atoms with van der Waals surface area (Å²) in [6, 6.07) is 39.7. The van der Waals surface area contributed by atoms with Gasteiger partial charge in [0.1, 0.15) is 10.9 Å². The Morgan fingerprint density at radius 3 is 1.76 bits per heavy atom. The van der Waals surface area contributed by atoms with Crippen LogP contribution in [0.1, 0.15) is 0 Å². The number of para-hydroxylation sites is 1. The second kappa shape index (κ2) is 9.69. The summed E-state index contributed by atoms with van der Waals surface area (Å²) in [5.41, 5.74) is 4.69. The summed E-state index contributed by atoms with van der Waals surface area (Å²) in [6.45, 7) is 0. The maximum atomic E-state index is 14.8. The van der Waals surface area contributed by atoms with Crippen LogP contribution in [-0.4, -0.2) is 19.9 Å². The Labute approximate surface area is 241 Å². The van der Waals surface area contributed by atoms with Gasteiger partial charge in [-0.3, -0.25) is 15.0 Å². The van der Waals surface area contributed by atoms with Gasteiger partial charge in [-0.2, -0.15) is 0 Å². The van der Waals surface area contributed by atoms with Gasteiger partial charge in [-0.25, -0.2) is 4.98 Å². The fourth-order valence-corrected chi connectivity index (χ4v) is 8.37. The molecule has 0 saturated carbocycles. The van der Waals surface area contributed by atoms with Crippen LogP contribution in [0.5, 0.6) is 0 Å². The summed E-state index contributed by atoms with van der Waals surface area (Å²) in [5.74, 6) is 0. The normalized spacial score (nSPS) is 11.9. The molecule has 42 heavy (non-hydrogen) atoms. The molecule has 0 fully saturated rings. The molecule has 5 nitrogen and oxygen atoms in total. The Bertz CT molecular complexity index is 2280. The third-order valence-corrected chi connectivity index (χ3v) is 10.7. The van der Waals surface area contributed by atoms with Crippen LogP contribution in [0.15, 0.2) is 140 Å². The molecule has 0 saturated heterocycles. The molecule has 198 valence electrons. The Balaban J connectivity index is 1.42. The van der Waals surface area contributed by atoms with E-state index in [0.717, 1.165) is 54.6 Å². The number of benzene rings is 4. The van der Waals surface area contributed by atoms with Crippen molar-refractivity contribution >= 4 is 66.7 Å². The number of pyridine rings is 4. The lowest BCUT2D eigenvalue weighted by atomic mass is 9.92. The Kier molecular flexibility index (Phi) is 5.66. The van der Waals surface area contributed by atoms with Gasteiger partial charge in [0, 0.05) is 56.4 Å². The van der Waals surface area contributed by atoms with Crippen molar-refractivity contribution in [1.82, 2.24) is 19.9 Å². The van der Waals surface area contributed by atoms with Gasteiger partial charge in [-0.05, 0) is 41.8 Å². The highest BCUT2D eigenvalue weighted by molar-refractivity contribution is 7.84.